The Balaban J connectivity index is 2.73. The van der Waals surface area contributed by atoms with E-state index in [9.17, 15) is 0 Å². The molecule has 0 radical (unpaired) electrons. The van der Waals surface area contributed by atoms with Gasteiger partial charge in [0.15, 0.2) is 0 Å². The summed E-state index contributed by atoms with van der Waals surface area (Å²) in [7, 11) is 1.76. The Morgan fingerprint density at radius 2 is 2.38 bits per heavy atom. The van der Waals surface area contributed by atoms with Gasteiger partial charge in [-0.05, 0) is 32.2 Å². The molecule has 0 unspecified atom stereocenters. The maximum Gasteiger partial charge on any atom is 0.0816 e. The third-order valence-corrected chi connectivity index (χ3v) is 3.93. The van der Waals surface area contributed by atoms with Gasteiger partial charge in [0.1, 0.15) is 0 Å². The molecule has 1 rings (SSSR count). The summed E-state index contributed by atoms with van der Waals surface area (Å²) >= 11 is 0. The summed E-state index contributed by atoms with van der Waals surface area (Å²) in [6.45, 7) is 9.20. The Kier molecular flexibility index (Phi) is 4.96. The van der Waals surface area contributed by atoms with E-state index >= 15 is 0 Å². The molecular weight excluding hydrogens is 200 g/mol. The second-order valence-electron chi connectivity index (χ2n) is 4.96. The molecular formula is C13H26N2O. The number of rotatable bonds is 6. The first-order chi connectivity index (χ1) is 7.59. The van der Waals surface area contributed by atoms with Crippen molar-refractivity contribution in [3.8, 4) is 0 Å². The highest BCUT2D eigenvalue weighted by Gasteiger charge is 2.40. The van der Waals surface area contributed by atoms with Crippen LogP contribution in [0.4, 0.5) is 0 Å². The second kappa shape index (κ2) is 5.80. The van der Waals surface area contributed by atoms with Crippen molar-refractivity contribution in [1.82, 2.24) is 5.32 Å². The average Bonchev–Trinajstić information content (AvgIpc) is 2.76. The molecule has 1 aliphatic rings. The number of nitrogens with two attached hydrogens (primary N) is 1. The van der Waals surface area contributed by atoms with Crippen LogP contribution in [-0.2, 0) is 4.74 Å². The lowest BCUT2D eigenvalue weighted by Crippen LogP contribution is -2.58. The summed E-state index contributed by atoms with van der Waals surface area (Å²) < 4.78 is 5.65. The van der Waals surface area contributed by atoms with E-state index in [1.165, 1.54) is 0 Å². The van der Waals surface area contributed by atoms with Crippen LogP contribution >= 0.6 is 0 Å². The molecule has 0 aromatic rings. The Hall–Kier alpha value is -0.380. The summed E-state index contributed by atoms with van der Waals surface area (Å²) in [5.41, 5.74) is 6.15. The molecule has 0 saturated carbocycles. The fourth-order valence-electron chi connectivity index (χ4n) is 2.69. The third-order valence-electron chi connectivity index (χ3n) is 3.93. The van der Waals surface area contributed by atoms with E-state index < -0.39 is 0 Å². The highest BCUT2D eigenvalue weighted by atomic mass is 16.5. The zero-order chi connectivity index (χ0) is 12.2. The van der Waals surface area contributed by atoms with Crippen molar-refractivity contribution in [3.05, 3.63) is 12.7 Å². The highest BCUT2D eigenvalue weighted by molar-refractivity contribution is 5.04. The summed E-state index contributed by atoms with van der Waals surface area (Å²) in [5.74, 6) is 0.473. The first kappa shape index (κ1) is 13.7. The molecule has 94 valence electrons. The zero-order valence-corrected chi connectivity index (χ0v) is 10.8. The van der Waals surface area contributed by atoms with Gasteiger partial charge in [0.05, 0.1) is 5.60 Å². The van der Waals surface area contributed by atoms with Gasteiger partial charge in [0.25, 0.3) is 0 Å². The normalized spacial score (nSPS) is 31.0. The van der Waals surface area contributed by atoms with Crippen molar-refractivity contribution in [2.75, 3.05) is 13.7 Å². The summed E-state index contributed by atoms with van der Waals surface area (Å²) in [5, 5.41) is 3.48. The van der Waals surface area contributed by atoms with E-state index in [1.54, 1.807) is 7.11 Å². The first-order valence-corrected chi connectivity index (χ1v) is 6.25. The second-order valence-corrected chi connectivity index (χ2v) is 4.96. The largest absolute Gasteiger partial charge is 0.377 e. The van der Waals surface area contributed by atoms with Crippen LogP contribution in [0.15, 0.2) is 12.7 Å². The van der Waals surface area contributed by atoms with Gasteiger partial charge in [-0.3, -0.25) is 0 Å². The van der Waals surface area contributed by atoms with Crippen LogP contribution in [0.3, 0.4) is 0 Å². The molecule has 0 amide bonds. The summed E-state index contributed by atoms with van der Waals surface area (Å²) in [6.07, 6.45) is 5.23. The lowest BCUT2D eigenvalue weighted by atomic mass is 9.82. The minimum Gasteiger partial charge on any atom is -0.377 e. The fraction of sp³-hybridized carbons (Fsp3) is 0.846. The van der Waals surface area contributed by atoms with Gasteiger partial charge in [0.2, 0.25) is 0 Å². The van der Waals surface area contributed by atoms with Crippen molar-refractivity contribution in [3.63, 3.8) is 0 Å². The number of methoxy groups -OCH3 is 1. The van der Waals surface area contributed by atoms with Crippen molar-refractivity contribution in [2.24, 2.45) is 11.7 Å². The van der Waals surface area contributed by atoms with Gasteiger partial charge in [-0.15, -0.1) is 6.58 Å². The maximum atomic E-state index is 6.38. The lowest BCUT2D eigenvalue weighted by Gasteiger charge is -2.39. The van der Waals surface area contributed by atoms with Crippen LogP contribution < -0.4 is 11.1 Å². The molecule has 0 bridgehead atoms. The maximum absolute atomic E-state index is 6.38. The molecule has 16 heavy (non-hydrogen) atoms. The van der Waals surface area contributed by atoms with Gasteiger partial charge >= 0.3 is 0 Å². The predicted molar refractivity (Wildman–Crippen MR) is 68.4 cm³/mol. The van der Waals surface area contributed by atoms with Gasteiger partial charge in [0, 0.05) is 19.2 Å². The van der Waals surface area contributed by atoms with Gasteiger partial charge in [-0.25, -0.2) is 0 Å². The minimum absolute atomic E-state index is 0.0166. The van der Waals surface area contributed by atoms with E-state index in [2.05, 4.69) is 25.7 Å². The fourth-order valence-corrected chi connectivity index (χ4v) is 2.69. The number of hydrogen-bond acceptors (Lipinski definition) is 3. The van der Waals surface area contributed by atoms with E-state index in [0.29, 0.717) is 12.0 Å². The summed E-state index contributed by atoms with van der Waals surface area (Å²) in [4.78, 5) is 0. The quantitative estimate of drug-likeness (QED) is 0.677. The third kappa shape index (κ3) is 2.65. The molecule has 3 N–H and O–H groups in total. The standard InChI is InChI=1S/C13H26N2O/c1-5-8-13(3,16-4)12(14)11-10(6-2)7-9-15-11/h6,10-12,15H,2,5,7-9,14H2,1,3-4H3/t10-,11-,12-,13+/m1/s1. The molecule has 1 saturated heterocycles. The predicted octanol–water partition coefficient (Wildman–Crippen LogP) is 1.68. The molecule has 3 heteroatoms. The van der Waals surface area contributed by atoms with Crippen molar-refractivity contribution >= 4 is 0 Å². The zero-order valence-electron chi connectivity index (χ0n) is 10.8. The van der Waals surface area contributed by atoms with Gasteiger partial charge in [-0.2, -0.15) is 0 Å². The van der Waals surface area contributed by atoms with E-state index in [-0.39, 0.29) is 11.6 Å². The molecule has 0 aliphatic carbocycles. The molecule has 3 nitrogen and oxygen atoms in total. The molecule has 1 fully saturated rings. The molecule has 1 aliphatic heterocycles. The van der Waals surface area contributed by atoms with Crippen LogP contribution in [0.25, 0.3) is 0 Å². The first-order valence-electron chi connectivity index (χ1n) is 6.25. The van der Waals surface area contributed by atoms with Gasteiger partial charge < -0.3 is 15.8 Å². The molecule has 1 heterocycles. The lowest BCUT2D eigenvalue weighted by molar-refractivity contribution is -0.0327. The van der Waals surface area contributed by atoms with Crippen LogP contribution in [0.2, 0.25) is 0 Å². The number of nitrogens with one attached hydrogen (secondary N) is 1. The van der Waals surface area contributed by atoms with Crippen LogP contribution in [0.5, 0.6) is 0 Å². The average molecular weight is 226 g/mol. The minimum atomic E-state index is -0.238. The van der Waals surface area contributed by atoms with E-state index in [4.69, 9.17) is 10.5 Å². The van der Waals surface area contributed by atoms with Crippen molar-refractivity contribution < 1.29 is 4.74 Å². The van der Waals surface area contributed by atoms with Crippen LogP contribution in [-0.4, -0.2) is 31.3 Å². The SMILES string of the molecule is C=C[C@@H]1CCN[C@H]1[C@@H](N)[C@](C)(CCC)OC. The Bertz CT molecular complexity index is 232. The van der Waals surface area contributed by atoms with E-state index in [1.807, 2.05) is 6.08 Å². The smallest absolute Gasteiger partial charge is 0.0816 e. The Morgan fingerprint density at radius 1 is 1.69 bits per heavy atom. The molecule has 0 aromatic heterocycles. The topological polar surface area (TPSA) is 47.3 Å². The van der Waals surface area contributed by atoms with Crippen LogP contribution in [0.1, 0.15) is 33.1 Å². The molecule has 0 aromatic carbocycles. The Morgan fingerprint density at radius 3 is 2.88 bits per heavy atom. The summed E-state index contributed by atoms with van der Waals surface area (Å²) in [6, 6.07) is 0.317. The van der Waals surface area contributed by atoms with E-state index in [0.717, 1.165) is 25.8 Å². The van der Waals surface area contributed by atoms with Crippen molar-refractivity contribution in [2.45, 2.75) is 50.8 Å². The molecule has 0 spiro atoms. The van der Waals surface area contributed by atoms with Gasteiger partial charge in [-0.1, -0.05) is 19.4 Å². The molecule has 4 atom stereocenters. The highest BCUT2D eigenvalue weighted by Crippen LogP contribution is 2.28. The Labute approximate surface area is 99.4 Å². The number of hydrogen-bond donors (Lipinski definition) is 2. The van der Waals surface area contributed by atoms with Crippen LogP contribution in [0, 0.1) is 5.92 Å². The number of ether oxygens (including phenoxy) is 1. The van der Waals surface area contributed by atoms with Crippen molar-refractivity contribution in [1.29, 1.82) is 0 Å². The monoisotopic (exact) mass is 226 g/mol.